The lowest BCUT2D eigenvalue weighted by molar-refractivity contribution is 0.587. The van der Waals surface area contributed by atoms with Gasteiger partial charge in [-0.15, -0.1) is 65.7 Å². The van der Waals surface area contributed by atoms with Crippen molar-refractivity contribution in [1.82, 2.24) is 20.4 Å². The van der Waals surface area contributed by atoms with Crippen molar-refractivity contribution in [2.24, 2.45) is 0 Å². The highest BCUT2D eigenvalue weighted by Crippen LogP contribution is 2.47. The Kier molecular flexibility index (Phi) is 4.20. The number of aryl methyl sites for hydroxylation is 2. The Morgan fingerprint density at radius 1 is 0.667 bits per heavy atom. The summed E-state index contributed by atoms with van der Waals surface area (Å²) in [6, 6.07) is 7.91. The van der Waals surface area contributed by atoms with Crippen molar-refractivity contribution in [3.05, 3.63) is 46.2 Å². The van der Waals surface area contributed by atoms with Gasteiger partial charge in [0.1, 0.15) is 0 Å². The topological polar surface area (TPSA) is 77.8 Å². The molecule has 0 spiro atoms. The summed E-state index contributed by atoms with van der Waals surface area (Å²) >= 11 is 6.49. The van der Waals surface area contributed by atoms with Gasteiger partial charge in [0.05, 0.1) is 23.5 Å². The molecule has 0 saturated heterocycles. The standard InChI is InChI=1S/C20H12N4O2S4/c1-9-13-10(2)15(19-24-22-17(26-19)12-6-4-8-28-12)30-20(13)29-14(9)18-23-21-16(25-18)11-5-3-7-27-11/h3-8H,1-2H3. The van der Waals surface area contributed by atoms with Gasteiger partial charge in [0.15, 0.2) is 0 Å². The Hall–Kier alpha value is -2.66. The van der Waals surface area contributed by atoms with E-state index in [1.54, 1.807) is 45.3 Å². The molecule has 0 amide bonds. The van der Waals surface area contributed by atoms with E-state index in [-0.39, 0.29) is 0 Å². The van der Waals surface area contributed by atoms with Crippen molar-refractivity contribution >= 4 is 54.7 Å². The zero-order valence-electron chi connectivity index (χ0n) is 15.7. The first-order chi connectivity index (χ1) is 14.7. The third-order valence-corrected chi connectivity index (χ3v) is 9.09. The normalized spacial score (nSPS) is 11.7. The van der Waals surface area contributed by atoms with Gasteiger partial charge in [0.25, 0.3) is 23.6 Å². The molecule has 10 heteroatoms. The number of hydrogen-bond donors (Lipinski definition) is 0. The predicted octanol–water partition coefficient (Wildman–Crippen LogP) is 7.14. The Morgan fingerprint density at radius 3 is 1.53 bits per heavy atom. The van der Waals surface area contributed by atoms with Crippen molar-refractivity contribution in [2.75, 3.05) is 0 Å². The van der Waals surface area contributed by atoms with E-state index in [4.69, 9.17) is 8.83 Å². The molecule has 6 aromatic heterocycles. The van der Waals surface area contributed by atoms with Gasteiger partial charge in [0, 0.05) is 5.39 Å². The molecule has 0 bridgehead atoms. The van der Waals surface area contributed by atoms with Crippen LogP contribution in [0.15, 0.2) is 43.9 Å². The smallest absolute Gasteiger partial charge is 0.258 e. The van der Waals surface area contributed by atoms with Crippen molar-refractivity contribution in [1.29, 1.82) is 0 Å². The fraction of sp³-hybridized carbons (Fsp3) is 0.100. The average Bonchev–Trinajstić information content (AvgIpc) is 3.54. The zero-order chi connectivity index (χ0) is 20.2. The first kappa shape index (κ1) is 18.1. The van der Waals surface area contributed by atoms with Crippen molar-refractivity contribution in [2.45, 2.75) is 13.8 Å². The summed E-state index contributed by atoms with van der Waals surface area (Å²) in [6.45, 7) is 4.19. The molecule has 0 N–H and O–H groups in total. The number of thiophene rings is 4. The molecule has 0 atom stereocenters. The average molecular weight is 469 g/mol. The summed E-state index contributed by atoms with van der Waals surface area (Å²) in [7, 11) is 0. The summed E-state index contributed by atoms with van der Waals surface area (Å²) in [4.78, 5) is 3.96. The maximum absolute atomic E-state index is 5.96. The fourth-order valence-electron chi connectivity index (χ4n) is 3.31. The maximum atomic E-state index is 5.96. The summed E-state index contributed by atoms with van der Waals surface area (Å²) in [5, 5.41) is 22.2. The van der Waals surface area contributed by atoms with E-state index in [9.17, 15) is 0 Å². The van der Waals surface area contributed by atoms with Crippen molar-refractivity contribution in [3.8, 4) is 43.1 Å². The van der Waals surface area contributed by atoms with Crippen LogP contribution in [0.3, 0.4) is 0 Å². The lowest BCUT2D eigenvalue weighted by atomic mass is 10.1. The van der Waals surface area contributed by atoms with Gasteiger partial charge >= 0.3 is 0 Å². The van der Waals surface area contributed by atoms with Crippen molar-refractivity contribution in [3.63, 3.8) is 0 Å². The highest BCUT2D eigenvalue weighted by Gasteiger charge is 2.24. The van der Waals surface area contributed by atoms with Crippen LogP contribution in [0.25, 0.3) is 52.5 Å². The SMILES string of the molecule is Cc1c(-c2nnc(-c3cccs3)o2)sc2sc(-c3nnc(-c4cccs4)o3)c(C)c12. The summed E-state index contributed by atoms with van der Waals surface area (Å²) in [5.41, 5.74) is 2.27. The van der Waals surface area contributed by atoms with E-state index in [2.05, 4.69) is 34.2 Å². The molecule has 0 aliphatic heterocycles. The van der Waals surface area contributed by atoms with Gasteiger partial charge in [-0.1, -0.05) is 12.1 Å². The molecule has 6 heterocycles. The molecule has 0 aliphatic rings. The molecule has 0 fully saturated rings. The molecular weight excluding hydrogens is 457 g/mol. The number of rotatable bonds is 4. The van der Waals surface area contributed by atoms with Gasteiger partial charge < -0.3 is 8.83 Å². The van der Waals surface area contributed by atoms with E-state index >= 15 is 0 Å². The van der Waals surface area contributed by atoms with E-state index in [1.165, 1.54) is 9.40 Å². The summed E-state index contributed by atoms with van der Waals surface area (Å²) < 4.78 is 13.1. The van der Waals surface area contributed by atoms with Crippen LogP contribution >= 0.6 is 45.3 Å². The Balaban J connectivity index is 1.40. The number of fused-ring (bicyclic) bond motifs is 1. The van der Waals surface area contributed by atoms with E-state index in [0.717, 1.165) is 30.6 Å². The highest BCUT2D eigenvalue weighted by atomic mass is 32.2. The minimum absolute atomic E-state index is 0.556. The largest absolute Gasteiger partial charge is 0.414 e. The maximum Gasteiger partial charge on any atom is 0.258 e. The van der Waals surface area contributed by atoms with Gasteiger partial charge in [-0.25, -0.2) is 0 Å². The Morgan fingerprint density at radius 2 is 1.13 bits per heavy atom. The monoisotopic (exact) mass is 468 g/mol. The minimum atomic E-state index is 0.556. The quantitative estimate of drug-likeness (QED) is 0.274. The molecule has 0 saturated carbocycles. The van der Waals surface area contributed by atoms with E-state index in [0.29, 0.717) is 23.6 Å². The van der Waals surface area contributed by atoms with Crippen LogP contribution in [0.5, 0.6) is 0 Å². The van der Waals surface area contributed by atoms with Crippen LogP contribution in [0, 0.1) is 13.8 Å². The predicted molar refractivity (Wildman–Crippen MR) is 122 cm³/mol. The number of hydrogen-bond acceptors (Lipinski definition) is 10. The number of aromatic nitrogens is 4. The van der Waals surface area contributed by atoms with Crippen LogP contribution in [0.1, 0.15) is 11.1 Å². The van der Waals surface area contributed by atoms with Crippen LogP contribution in [0.4, 0.5) is 0 Å². The van der Waals surface area contributed by atoms with Crippen molar-refractivity contribution < 1.29 is 8.83 Å². The van der Waals surface area contributed by atoms with Gasteiger partial charge in [-0.05, 0) is 47.9 Å². The van der Waals surface area contributed by atoms with Crippen LogP contribution in [-0.2, 0) is 0 Å². The van der Waals surface area contributed by atoms with Crippen LogP contribution in [-0.4, -0.2) is 20.4 Å². The van der Waals surface area contributed by atoms with E-state index in [1.807, 2.05) is 35.0 Å². The molecular formula is C20H12N4O2S4. The molecule has 0 radical (unpaired) electrons. The molecule has 0 aromatic carbocycles. The third-order valence-electron chi connectivity index (χ3n) is 4.73. The first-order valence-corrected chi connectivity index (χ1v) is 12.4. The number of nitrogens with zero attached hydrogens (tertiary/aromatic N) is 4. The van der Waals surface area contributed by atoms with Crippen LogP contribution < -0.4 is 0 Å². The first-order valence-electron chi connectivity index (χ1n) is 8.97. The summed E-state index contributed by atoms with van der Waals surface area (Å²) in [5.74, 6) is 2.23. The lowest BCUT2D eigenvalue weighted by Gasteiger charge is -1.96. The molecule has 0 unspecified atom stereocenters. The second-order valence-corrected chi connectivity index (χ2v) is 10.7. The lowest BCUT2D eigenvalue weighted by Crippen LogP contribution is -1.80. The third kappa shape index (κ3) is 2.79. The molecule has 6 nitrogen and oxygen atoms in total. The molecule has 6 aromatic rings. The summed E-state index contributed by atoms with van der Waals surface area (Å²) in [6.07, 6.45) is 0. The van der Waals surface area contributed by atoms with Gasteiger partial charge in [-0.2, -0.15) is 0 Å². The fourth-order valence-corrected chi connectivity index (χ4v) is 7.31. The van der Waals surface area contributed by atoms with Gasteiger partial charge in [0.2, 0.25) is 0 Å². The highest BCUT2D eigenvalue weighted by molar-refractivity contribution is 7.41. The van der Waals surface area contributed by atoms with E-state index < -0.39 is 0 Å². The molecule has 6 rings (SSSR count). The second kappa shape index (κ2) is 6.95. The molecule has 30 heavy (non-hydrogen) atoms. The van der Waals surface area contributed by atoms with Gasteiger partial charge in [-0.3, -0.25) is 0 Å². The second-order valence-electron chi connectivity index (χ2n) is 6.55. The Bertz CT molecular complexity index is 1360. The zero-order valence-corrected chi connectivity index (χ0v) is 19.0. The van der Waals surface area contributed by atoms with Crippen LogP contribution in [0.2, 0.25) is 0 Å². The Labute approximate surface area is 186 Å². The molecule has 148 valence electrons. The molecule has 0 aliphatic carbocycles. The minimum Gasteiger partial charge on any atom is -0.414 e.